The van der Waals surface area contributed by atoms with Gasteiger partial charge in [-0.2, -0.15) is 0 Å². The topological polar surface area (TPSA) is 73.0 Å². The molecule has 2 aromatic carbocycles. The Morgan fingerprint density at radius 2 is 1.67 bits per heavy atom. The number of benzene rings is 2. The number of nitrogens with zero attached hydrogens (tertiary/aromatic N) is 1. The Hall–Kier alpha value is -2.24. The lowest BCUT2D eigenvalue weighted by Crippen LogP contribution is -2.11. The summed E-state index contributed by atoms with van der Waals surface area (Å²) in [6.07, 6.45) is 0. The van der Waals surface area contributed by atoms with Gasteiger partial charge in [0.2, 0.25) is 10.0 Å². The maximum atomic E-state index is 11.2. The first-order valence-corrected chi connectivity index (χ1v) is 7.99. The van der Waals surface area contributed by atoms with E-state index in [1.54, 1.807) is 12.1 Å². The number of hydrogen-bond donors (Lipinski definition) is 1. The summed E-state index contributed by atoms with van der Waals surface area (Å²) in [4.78, 5) is 4.70. The summed E-state index contributed by atoms with van der Waals surface area (Å²) < 4.78 is 22.5. The van der Waals surface area contributed by atoms with Crippen LogP contribution in [0.1, 0.15) is 5.56 Å². The minimum absolute atomic E-state index is 0.0997. The van der Waals surface area contributed by atoms with Crippen molar-refractivity contribution in [2.75, 3.05) is 0 Å². The van der Waals surface area contributed by atoms with Gasteiger partial charge in [0.15, 0.2) is 0 Å². The van der Waals surface area contributed by atoms with Crippen molar-refractivity contribution in [3.8, 4) is 11.3 Å². The number of rotatable bonds is 2. The van der Waals surface area contributed by atoms with Crippen molar-refractivity contribution in [3.05, 3.63) is 60.2 Å². The van der Waals surface area contributed by atoms with Gasteiger partial charge in [0.05, 0.1) is 16.1 Å². The fraction of sp³-hybridized carbons (Fsp3) is 0.0625. The molecule has 0 amide bonds. The first-order valence-electron chi connectivity index (χ1n) is 6.44. The predicted octanol–water partition coefficient (Wildman–Crippen LogP) is 2.86. The average molecular weight is 298 g/mol. The van der Waals surface area contributed by atoms with Crippen LogP contribution in [0.3, 0.4) is 0 Å². The second-order valence-corrected chi connectivity index (χ2v) is 6.52. The van der Waals surface area contributed by atoms with Crippen molar-refractivity contribution in [2.24, 2.45) is 5.14 Å². The predicted molar refractivity (Wildman–Crippen MR) is 83.3 cm³/mol. The van der Waals surface area contributed by atoms with Gasteiger partial charge in [0.25, 0.3) is 0 Å². The molecule has 0 aliphatic heterocycles. The van der Waals surface area contributed by atoms with Crippen LogP contribution >= 0.6 is 0 Å². The molecule has 0 saturated heterocycles. The molecule has 2 N–H and O–H groups in total. The van der Waals surface area contributed by atoms with Crippen molar-refractivity contribution < 1.29 is 8.42 Å². The van der Waals surface area contributed by atoms with E-state index < -0.39 is 10.0 Å². The minimum Gasteiger partial charge on any atom is -0.248 e. The highest BCUT2D eigenvalue weighted by molar-refractivity contribution is 7.89. The van der Waals surface area contributed by atoms with Crippen LogP contribution in [0.5, 0.6) is 0 Å². The highest BCUT2D eigenvalue weighted by atomic mass is 32.2. The van der Waals surface area contributed by atoms with E-state index in [-0.39, 0.29) is 4.90 Å². The number of aromatic nitrogens is 1. The van der Waals surface area contributed by atoms with Crippen LogP contribution < -0.4 is 5.14 Å². The Morgan fingerprint density at radius 3 is 2.33 bits per heavy atom. The Labute approximate surface area is 123 Å². The Bertz CT molecular complexity index is 917. The van der Waals surface area contributed by atoms with E-state index in [4.69, 9.17) is 5.14 Å². The fourth-order valence-electron chi connectivity index (χ4n) is 2.22. The third kappa shape index (κ3) is 2.79. The zero-order valence-corrected chi connectivity index (χ0v) is 12.3. The largest absolute Gasteiger partial charge is 0.248 e. The van der Waals surface area contributed by atoms with Crippen molar-refractivity contribution >= 4 is 20.9 Å². The van der Waals surface area contributed by atoms with Crippen LogP contribution in [0, 0.1) is 6.92 Å². The zero-order chi connectivity index (χ0) is 15.0. The third-order valence-corrected chi connectivity index (χ3v) is 4.25. The maximum Gasteiger partial charge on any atom is 0.238 e. The molecule has 1 aromatic heterocycles. The summed E-state index contributed by atoms with van der Waals surface area (Å²) in [5.41, 5.74) is 3.75. The highest BCUT2D eigenvalue weighted by Crippen LogP contribution is 2.22. The number of primary sulfonamides is 1. The molecule has 3 rings (SSSR count). The molecule has 0 unspecified atom stereocenters. The van der Waals surface area contributed by atoms with Gasteiger partial charge in [0, 0.05) is 10.9 Å². The van der Waals surface area contributed by atoms with Gasteiger partial charge in [-0.05, 0) is 37.3 Å². The molecule has 0 atom stereocenters. The number of nitrogens with two attached hydrogens (primary N) is 1. The lowest BCUT2D eigenvalue weighted by molar-refractivity contribution is 0.598. The van der Waals surface area contributed by atoms with Gasteiger partial charge in [0.1, 0.15) is 0 Å². The number of sulfonamides is 1. The van der Waals surface area contributed by atoms with Crippen molar-refractivity contribution in [3.63, 3.8) is 0 Å². The SMILES string of the molecule is Cc1ccc2nc(-c3ccc(S(N)(=O)=O)cc3)ccc2c1. The molecule has 0 aliphatic carbocycles. The van der Waals surface area contributed by atoms with Crippen molar-refractivity contribution in [1.82, 2.24) is 4.98 Å². The molecule has 0 saturated carbocycles. The molecular formula is C16H14N2O2S. The highest BCUT2D eigenvalue weighted by Gasteiger charge is 2.08. The zero-order valence-electron chi connectivity index (χ0n) is 11.4. The van der Waals surface area contributed by atoms with E-state index in [1.165, 1.54) is 17.7 Å². The first-order chi connectivity index (χ1) is 9.93. The summed E-state index contributed by atoms with van der Waals surface area (Å²) in [5.74, 6) is 0. The van der Waals surface area contributed by atoms with E-state index >= 15 is 0 Å². The summed E-state index contributed by atoms with van der Waals surface area (Å²) in [6.45, 7) is 2.04. The number of pyridine rings is 1. The molecule has 1 heterocycles. The van der Waals surface area contributed by atoms with E-state index in [2.05, 4.69) is 11.1 Å². The quantitative estimate of drug-likeness (QED) is 0.790. The van der Waals surface area contributed by atoms with Gasteiger partial charge < -0.3 is 0 Å². The summed E-state index contributed by atoms with van der Waals surface area (Å²) in [7, 11) is -3.66. The molecule has 0 aliphatic rings. The van der Waals surface area contributed by atoms with Gasteiger partial charge in [-0.1, -0.05) is 29.8 Å². The third-order valence-electron chi connectivity index (χ3n) is 3.32. The molecule has 21 heavy (non-hydrogen) atoms. The molecule has 0 spiro atoms. The number of aryl methyl sites for hydroxylation is 1. The van der Waals surface area contributed by atoms with Crippen LogP contribution in [-0.2, 0) is 10.0 Å². The Morgan fingerprint density at radius 1 is 0.952 bits per heavy atom. The fourth-order valence-corrected chi connectivity index (χ4v) is 2.74. The molecule has 0 radical (unpaired) electrons. The van der Waals surface area contributed by atoms with Gasteiger partial charge in [-0.15, -0.1) is 0 Å². The number of hydrogen-bond acceptors (Lipinski definition) is 3. The standard InChI is InChI=1S/C16H14N2O2S/c1-11-2-8-16-13(10-11)5-9-15(18-16)12-3-6-14(7-4-12)21(17,19)20/h2-10H,1H3,(H2,17,19,20). The van der Waals surface area contributed by atoms with Crippen LogP contribution in [0.4, 0.5) is 0 Å². The molecule has 0 fully saturated rings. The Balaban J connectivity index is 2.06. The van der Waals surface area contributed by atoms with Gasteiger partial charge in [-0.25, -0.2) is 18.5 Å². The lowest BCUT2D eigenvalue weighted by atomic mass is 10.1. The lowest BCUT2D eigenvalue weighted by Gasteiger charge is -2.05. The van der Waals surface area contributed by atoms with E-state index in [1.807, 2.05) is 31.2 Å². The van der Waals surface area contributed by atoms with E-state index in [9.17, 15) is 8.42 Å². The second-order valence-electron chi connectivity index (χ2n) is 4.96. The van der Waals surface area contributed by atoms with Crippen LogP contribution in [-0.4, -0.2) is 13.4 Å². The first kappa shape index (κ1) is 13.7. The van der Waals surface area contributed by atoms with Crippen molar-refractivity contribution in [1.29, 1.82) is 0 Å². The van der Waals surface area contributed by atoms with E-state index in [0.717, 1.165) is 22.2 Å². The monoisotopic (exact) mass is 298 g/mol. The Kier molecular flexibility index (Phi) is 3.23. The normalized spacial score (nSPS) is 11.7. The molecule has 0 bridgehead atoms. The van der Waals surface area contributed by atoms with E-state index in [0.29, 0.717) is 0 Å². The number of fused-ring (bicyclic) bond motifs is 1. The molecule has 3 aromatic rings. The summed E-state index contributed by atoms with van der Waals surface area (Å²) in [5, 5.41) is 6.17. The van der Waals surface area contributed by atoms with Crippen LogP contribution in [0.25, 0.3) is 22.2 Å². The van der Waals surface area contributed by atoms with Crippen LogP contribution in [0.2, 0.25) is 0 Å². The maximum absolute atomic E-state index is 11.2. The molecule has 106 valence electrons. The minimum atomic E-state index is -3.66. The molecular weight excluding hydrogens is 284 g/mol. The smallest absolute Gasteiger partial charge is 0.238 e. The van der Waals surface area contributed by atoms with Crippen molar-refractivity contribution in [2.45, 2.75) is 11.8 Å². The average Bonchev–Trinajstić information content (AvgIpc) is 2.46. The second kappa shape index (κ2) is 4.95. The molecule has 4 nitrogen and oxygen atoms in total. The van der Waals surface area contributed by atoms with Crippen LogP contribution in [0.15, 0.2) is 59.5 Å². The summed E-state index contributed by atoms with van der Waals surface area (Å²) in [6, 6.07) is 16.4. The van der Waals surface area contributed by atoms with Gasteiger partial charge >= 0.3 is 0 Å². The van der Waals surface area contributed by atoms with Gasteiger partial charge in [-0.3, -0.25) is 0 Å². The summed E-state index contributed by atoms with van der Waals surface area (Å²) >= 11 is 0. The molecule has 5 heteroatoms.